The Bertz CT molecular complexity index is 471. The first-order chi connectivity index (χ1) is 7.96. The van der Waals surface area contributed by atoms with E-state index in [1.54, 1.807) is 6.07 Å². The molecule has 0 N–H and O–H groups in total. The van der Waals surface area contributed by atoms with Crippen LogP contribution >= 0.6 is 10.7 Å². The second-order valence-electron chi connectivity index (χ2n) is 3.98. The number of hydrogen-bond acceptors (Lipinski definition) is 2. The van der Waals surface area contributed by atoms with Crippen LogP contribution in [0.5, 0.6) is 0 Å². The summed E-state index contributed by atoms with van der Waals surface area (Å²) in [5, 5.41) is 0. The predicted molar refractivity (Wildman–Crippen MR) is 67.3 cm³/mol. The van der Waals surface area contributed by atoms with E-state index in [2.05, 4.69) is 6.92 Å². The molecule has 0 aromatic heterocycles. The molecule has 0 atom stereocenters. The van der Waals surface area contributed by atoms with Gasteiger partial charge in [0, 0.05) is 10.7 Å². The van der Waals surface area contributed by atoms with Gasteiger partial charge in [-0.15, -0.1) is 0 Å². The van der Waals surface area contributed by atoms with Gasteiger partial charge in [0.25, 0.3) is 9.05 Å². The molecular formula is C12H16ClFO2S. The molecule has 0 unspecified atom stereocenters. The average molecular weight is 279 g/mol. The summed E-state index contributed by atoms with van der Waals surface area (Å²) in [5.41, 5.74) is 0.419. The van der Waals surface area contributed by atoms with Gasteiger partial charge in [-0.2, -0.15) is 0 Å². The van der Waals surface area contributed by atoms with Crippen LogP contribution in [0.1, 0.15) is 38.2 Å². The van der Waals surface area contributed by atoms with Gasteiger partial charge in [-0.25, -0.2) is 12.8 Å². The zero-order valence-corrected chi connectivity index (χ0v) is 11.3. The fourth-order valence-corrected chi connectivity index (χ4v) is 2.62. The molecule has 2 nitrogen and oxygen atoms in total. The molecule has 96 valence electrons. The number of rotatable bonds is 6. The molecule has 1 aromatic carbocycles. The highest BCUT2D eigenvalue weighted by atomic mass is 35.7. The standard InChI is InChI=1S/C12H16ClFO2S/c1-2-3-4-5-7-10-8-6-9-11(12(10)14)17(13,15)16/h6,8-9H,2-5,7H2,1H3. The molecule has 0 aliphatic heterocycles. The van der Waals surface area contributed by atoms with Crippen molar-refractivity contribution >= 4 is 19.7 Å². The normalized spacial score (nSPS) is 11.7. The summed E-state index contributed by atoms with van der Waals surface area (Å²) in [6.45, 7) is 2.10. The molecule has 1 aromatic rings. The van der Waals surface area contributed by atoms with E-state index in [4.69, 9.17) is 10.7 Å². The first kappa shape index (κ1) is 14.5. The summed E-state index contributed by atoms with van der Waals surface area (Å²) >= 11 is 0. The molecule has 0 radical (unpaired) electrons. The maximum absolute atomic E-state index is 13.8. The highest BCUT2D eigenvalue weighted by Crippen LogP contribution is 2.22. The maximum atomic E-state index is 13.8. The molecule has 0 fully saturated rings. The Kier molecular flexibility index (Phi) is 5.40. The van der Waals surface area contributed by atoms with Crippen molar-refractivity contribution in [2.75, 3.05) is 0 Å². The quantitative estimate of drug-likeness (QED) is 0.585. The van der Waals surface area contributed by atoms with Crippen molar-refractivity contribution in [3.8, 4) is 0 Å². The number of aryl methyl sites for hydroxylation is 1. The number of benzene rings is 1. The molecule has 0 aliphatic carbocycles. The van der Waals surface area contributed by atoms with E-state index in [1.807, 2.05) is 0 Å². The zero-order valence-electron chi connectivity index (χ0n) is 9.75. The highest BCUT2D eigenvalue weighted by molar-refractivity contribution is 8.13. The molecule has 17 heavy (non-hydrogen) atoms. The summed E-state index contributed by atoms with van der Waals surface area (Å²) in [5.74, 6) is -0.709. The van der Waals surface area contributed by atoms with E-state index in [9.17, 15) is 12.8 Å². The van der Waals surface area contributed by atoms with Crippen molar-refractivity contribution in [3.05, 3.63) is 29.6 Å². The van der Waals surface area contributed by atoms with Crippen molar-refractivity contribution < 1.29 is 12.8 Å². The van der Waals surface area contributed by atoms with Gasteiger partial charge in [0.15, 0.2) is 0 Å². The second kappa shape index (κ2) is 6.36. The Morgan fingerprint density at radius 1 is 1.24 bits per heavy atom. The van der Waals surface area contributed by atoms with E-state index in [0.717, 1.165) is 25.7 Å². The molecule has 0 saturated carbocycles. The Morgan fingerprint density at radius 2 is 1.94 bits per heavy atom. The number of unbranched alkanes of at least 4 members (excludes halogenated alkanes) is 3. The van der Waals surface area contributed by atoms with E-state index < -0.39 is 19.8 Å². The van der Waals surface area contributed by atoms with Crippen molar-refractivity contribution in [2.45, 2.75) is 43.9 Å². The van der Waals surface area contributed by atoms with Gasteiger partial charge in [-0.05, 0) is 24.5 Å². The minimum absolute atomic E-state index is 0.419. The SMILES string of the molecule is CCCCCCc1cccc(S(=O)(=O)Cl)c1F. The first-order valence-electron chi connectivity index (χ1n) is 5.69. The highest BCUT2D eigenvalue weighted by Gasteiger charge is 2.18. The van der Waals surface area contributed by atoms with Crippen LogP contribution in [-0.4, -0.2) is 8.42 Å². The third-order valence-electron chi connectivity index (χ3n) is 2.61. The fraction of sp³-hybridized carbons (Fsp3) is 0.500. The second-order valence-corrected chi connectivity index (χ2v) is 6.51. The number of halogens is 2. The van der Waals surface area contributed by atoms with Gasteiger partial charge >= 0.3 is 0 Å². The third-order valence-corrected chi connectivity index (χ3v) is 3.94. The topological polar surface area (TPSA) is 34.1 Å². The van der Waals surface area contributed by atoms with Gasteiger partial charge in [0.2, 0.25) is 0 Å². The average Bonchev–Trinajstić information content (AvgIpc) is 2.25. The van der Waals surface area contributed by atoms with E-state index in [1.165, 1.54) is 12.1 Å². The molecule has 0 aliphatic rings. The lowest BCUT2D eigenvalue weighted by Crippen LogP contribution is -2.00. The van der Waals surface area contributed by atoms with Crippen molar-refractivity contribution in [3.63, 3.8) is 0 Å². The van der Waals surface area contributed by atoms with Gasteiger partial charge in [0.05, 0.1) is 0 Å². The van der Waals surface area contributed by atoms with Gasteiger partial charge in [-0.3, -0.25) is 0 Å². The molecule has 0 amide bonds. The van der Waals surface area contributed by atoms with Crippen LogP contribution in [0.2, 0.25) is 0 Å². The minimum atomic E-state index is -3.99. The van der Waals surface area contributed by atoms with E-state index in [-0.39, 0.29) is 0 Å². The van der Waals surface area contributed by atoms with Gasteiger partial charge < -0.3 is 0 Å². The lowest BCUT2D eigenvalue weighted by atomic mass is 10.1. The fourth-order valence-electron chi connectivity index (χ4n) is 1.68. The van der Waals surface area contributed by atoms with Gasteiger partial charge in [-0.1, -0.05) is 38.3 Å². The zero-order chi connectivity index (χ0) is 12.9. The lowest BCUT2D eigenvalue weighted by molar-refractivity contribution is 0.557. The molecule has 0 saturated heterocycles. The Balaban J connectivity index is 2.81. The Labute approximate surface area is 106 Å². The molecule has 5 heteroatoms. The summed E-state index contributed by atoms with van der Waals surface area (Å²) in [6, 6.07) is 4.31. The lowest BCUT2D eigenvalue weighted by Gasteiger charge is -2.05. The van der Waals surface area contributed by atoms with Crippen molar-refractivity contribution in [1.29, 1.82) is 0 Å². The summed E-state index contributed by atoms with van der Waals surface area (Å²) < 4.78 is 36.0. The Morgan fingerprint density at radius 3 is 2.53 bits per heavy atom. The van der Waals surface area contributed by atoms with Crippen LogP contribution in [-0.2, 0) is 15.5 Å². The largest absolute Gasteiger partial charge is 0.264 e. The van der Waals surface area contributed by atoms with E-state index in [0.29, 0.717) is 12.0 Å². The molecule has 0 spiro atoms. The summed E-state index contributed by atoms with van der Waals surface area (Å²) in [6.07, 6.45) is 4.64. The van der Waals surface area contributed by atoms with E-state index >= 15 is 0 Å². The first-order valence-corrected chi connectivity index (χ1v) is 7.99. The third kappa shape index (κ3) is 4.28. The maximum Gasteiger partial charge on any atom is 0.264 e. The minimum Gasteiger partial charge on any atom is -0.207 e. The molecular weight excluding hydrogens is 263 g/mol. The smallest absolute Gasteiger partial charge is 0.207 e. The van der Waals surface area contributed by atoms with Crippen LogP contribution in [0.3, 0.4) is 0 Å². The van der Waals surface area contributed by atoms with Crippen molar-refractivity contribution in [2.24, 2.45) is 0 Å². The molecule has 1 rings (SSSR count). The van der Waals surface area contributed by atoms with Crippen molar-refractivity contribution in [1.82, 2.24) is 0 Å². The summed E-state index contributed by atoms with van der Waals surface area (Å²) in [7, 11) is 1.16. The van der Waals surface area contributed by atoms with Crippen LogP contribution < -0.4 is 0 Å². The van der Waals surface area contributed by atoms with Crippen LogP contribution in [0.4, 0.5) is 4.39 Å². The van der Waals surface area contributed by atoms with Crippen LogP contribution in [0.15, 0.2) is 23.1 Å². The molecule has 0 heterocycles. The number of hydrogen-bond donors (Lipinski definition) is 0. The molecule has 0 bridgehead atoms. The summed E-state index contributed by atoms with van der Waals surface area (Å²) in [4.78, 5) is -0.424. The van der Waals surface area contributed by atoms with Crippen LogP contribution in [0.25, 0.3) is 0 Å². The predicted octanol–water partition coefficient (Wildman–Crippen LogP) is 3.88. The van der Waals surface area contributed by atoms with Crippen LogP contribution in [0, 0.1) is 5.82 Å². The van der Waals surface area contributed by atoms with Gasteiger partial charge in [0.1, 0.15) is 10.7 Å². The Hall–Kier alpha value is -0.610. The monoisotopic (exact) mass is 278 g/mol.